The van der Waals surface area contributed by atoms with E-state index in [0.29, 0.717) is 22.9 Å². The number of hydrogen-bond acceptors (Lipinski definition) is 7. The second-order valence-corrected chi connectivity index (χ2v) is 7.47. The highest BCUT2D eigenvalue weighted by atomic mass is 16.3. The summed E-state index contributed by atoms with van der Waals surface area (Å²) in [7, 11) is 0. The van der Waals surface area contributed by atoms with E-state index >= 15 is 0 Å². The smallest absolute Gasteiger partial charge is 0.229 e. The van der Waals surface area contributed by atoms with Crippen LogP contribution in [-0.4, -0.2) is 50.8 Å². The Morgan fingerprint density at radius 1 is 0.900 bits per heavy atom. The molecule has 0 unspecified atom stereocenters. The third kappa shape index (κ3) is 3.16. The number of nitrogens with two attached hydrogens (primary N) is 1. The molecule has 2 aromatic heterocycles. The first kappa shape index (κ1) is 18.2. The van der Waals surface area contributed by atoms with Gasteiger partial charge in [0.15, 0.2) is 17.0 Å². The predicted molar refractivity (Wildman–Crippen MR) is 118 cm³/mol. The number of aryl methyl sites for hydroxylation is 1. The third-order valence-corrected chi connectivity index (χ3v) is 5.56. The fourth-order valence-corrected chi connectivity index (χ4v) is 3.89. The molecule has 0 saturated carbocycles. The van der Waals surface area contributed by atoms with Gasteiger partial charge in [0.2, 0.25) is 5.95 Å². The number of hydrogen-bond donors (Lipinski definition) is 2. The van der Waals surface area contributed by atoms with Crippen molar-refractivity contribution in [3.63, 3.8) is 0 Å². The second-order valence-electron chi connectivity index (χ2n) is 7.47. The van der Waals surface area contributed by atoms with Gasteiger partial charge in [-0.05, 0) is 42.8 Å². The number of phenolic OH excluding ortho intramolecular Hbond substituents is 1. The molecule has 0 aliphatic carbocycles. The van der Waals surface area contributed by atoms with Crippen molar-refractivity contribution >= 4 is 28.6 Å². The van der Waals surface area contributed by atoms with E-state index in [4.69, 9.17) is 10.7 Å². The Kier molecular flexibility index (Phi) is 4.39. The van der Waals surface area contributed by atoms with Crippen LogP contribution in [0, 0.1) is 6.92 Å². The van der Waals surface area contributed by atoms with Crippen molar-refractivity contribution in [2.45, 2.75) is 6.92 Å². The first-order valence-electron chi connectivity index (χ1n) is 9.95. The Morgan fingerprint density at radius 3 is 2.33 bits per heavy atom. The van der Waals surface area contributed by atoms with Crippen LogP contribution < -0.4 is 15.5 Å². The van der Waals surface area contributed by atoms with Gasteiger partial charge in [0.1, 0.15) is 12.1 Å². The van der Waals surface area contributed by atoms with Gasteiger partial charge in [-0.25, -0.2) is 4.98 Å². The maximum Gasteiger partial charge on any atom is 0.229 e. The lowest BCUT2D eigenvalue weighted by Crippen LogP contribution is -2.47. The number of nitrogens with zero attached hydrogens (tertiary/aromatic N) is 6. The van der Waals surface area contributed by atoms with Crippen molar-refractivity contribution < 1.29 is 5.11 Å². The maximum atomic E-state index is 9.50. The maximum absolute atomic E-state index is 9.50. The summed E-state index contributed by atoms with van der Waals surface area (Å²) in [5, 5.41) is 9.50. The SMILES string of the molecule is Cc1ccccc1-n1cnc2c(N)nc(N3CCN(c4ccc(O)cc4)CC3)nc21. The van der Waals surface area contributed by atoms with Crippen molar-refractivity contribution in [2.75, 3.05) is 41.7 Å². The van der Waals surface area contributed by atoms with E-state index in [2.05, 4.69) is 32.8 Å². The van der Waals surface area contributed by atoms with Crippen molar-refractivity contribution in [1.29, 1.82) is 0 Å². The zero-order valence-corrected chi connectivity index (χ0v) is 16.7. The Labute approximate surface area is 174 Å². The first-order valence-corrected chi connectivity index (χ1v) is 9.95. The van der Waals surface area contributed by atoms with E-state index in [9.17, 15) is 5.11 Å². The largest absolute Gasteiger partial charge is 0.508 e. The van der Waals surface area contributed by atoms with Crippen LogP contribution in [-0.2, 0) is 0 Å². The summed E-state index contributed by atoms with van der Waals surface area (Å²) in [6, 6.07) is 15.4. The Morgan fingerprint density at radius 2 is 1.60 bits per heavy atom. The number of aromatic nitrogens is 4. The zero-order chi connectivity index (χ0) is 20.7. The van der Waals surface area contributed by atoms with Gasteiger partial charge in [-0.15, -0.1) is 0 Å². The van der Waals surface area contributed by atoms with Gasteiger partial charge >= 0.3 is 0 Å². The number of para-hydroxylation sites is 1. The Hall–Kier alpha value is -3.81. The van der Waals surface area contributed by atoms with Gasteiger partial charge in [-0.2, -0.15) is 9.97 Å². The second kappa shape index (κ2) is 7.22. The van der Waals surface area contributed by atoms with Crippen LogP contribution in [0.3, 0.4) is 0 Å². The molecule has 0 bridgehead atoms. The molecule has 3 N–H and O–H groups in total. The van der Waals surface area contributed by atoms with E-state index in [1.165, 1.54) is 0 Å². The van der Waals surface area contributed by atoms with Crippen LogP contribution >= 0.6 is 0 Å². The lowest BCUT2D eigenvalue weighted by Gasteiger charge is -2.36. The highest BCUT2D eigenvalue weighted by Gasteiger charge is 2.22. The quantitative estimate of drug-likeness (QED) is 0.545. The van der Waals surface area contributed by atoms with Gasteiger partial charge in [0.05, 0.1) is 5.69 Å². The van der Waals surface area contributed by atoms with E-state index < -0.39 is 0 Å². The number of piperazine rings is 1. The lowest BCUT2D eigenvalue weighted by molar-refractivity contribution is 0.475. The molecule has 1 aliphatic rings. The summed E-state index contributed by atoms with van der Waals surface area (Å²) >= 11 is 0. The normalized spacial score (nSPS) is 14.4. The summed E-state index contributed by atoms with van der Waals surface area (Å²) in [6.07, 6.45) is 1.75. The molecule has 3 heterocycles. The monoisotopic (exact) mass is 401 g/mol. The van der Waals surface area contributed by atoms with Crippen LogP contribution in [0.25, 0.3) is 16.9 Å². The molecule has 1 fully saturated rings. The van der Waals surface area contributed by atoms with Gasteiger partial charge in [0, 0.05) is 31.9 Å². The molecule has 2 aromatic carbocycles. The first-order chi connectivity index (χ1) is 14.6. The number of fused-ring (bicyclic) bond motifs is 1. The molecule has 0 spiro atoms. The number of imidazole rings is 1. The van der Waals surface area contributed by atoms with E-state index in [1.807, 2.05) is 34.9 Å². The minimum absolute atomic E-state index is 0.278. The van der Waals surface area contributed by atoms with Gasteiger partial charge in [-0.3, -0.25) is 4.57 Å². The molecule has 0 radical (unpaired) electrons. The highest BCUT2D eigenvalue weighted by molar-refractivity contribution is 5.84. The zero-order valence-electron chi connectivity index (χ0n) is 16.7. The lowest BCUT2D eigenvalue weighted by atomic mass is 10.2. The van der Waals surface area contributed by atoms with Crippen molar-refractivity contribution in [2.24, 2.45) is 0 Å². The summed E-state index contributed by atoms with van der Waals surface area (Å²) in [6.45, 7) is 5.30. The highest BCUT2D eigenvalue weighted by Crippen LogP contribution is 2.26. The van der Waals surface area contributed by atoms with Crippen LogP contribution in [0.1, 0.15) is 5.56 Å². The third-order valence-electron chi connectivity index (χ3n) is 5.56. The number of anilines is 3. The summed E-state index contributed by atoms with van der Waals surface area (Å²) in [5.41, 5.74) is 10.8. The molecule has 4 aromatic rings. The van der Waals surface area contributed by atoms with E-state index in [-0.39, 0.29) is 5.75 Å². The van der Waals surface area contributed by atoms with Crippen LogP contribution in [0.15, 0.2) is 54.9 Å². The van der Waals surface area contributed by atoms with E-state index in [0.717, 1.165) is 43.1 Å². The predicted octanol–water partition coefficient (Wildman–Crippen LogP) is 2.74. The molecule has 8 nitrogen and oxygen atoms in total. The number of aromatic hydroxyl groups is 1. The molecule has 8 heteroatoms. The van der Waals surface area contributed by atoms with Gasteiger partial charge < -0.3 is 20.6 Å². The average molecular weight is 401 g/mol. The fraction of sp³-hybridized carbons (Fsp3) is 0.227. The van der Waals surface area contributed by atoms with Crippen molar-refractivity contribution in [1.82, 2.24) is 19.5 Å². The molecule has 30 heavy (non-hydrogen) atoms. The molecule has 0 amide bonds. The molecule has 152 valence electrons. The summed E-state index contributed by atoms with van der Waals surface area (Å²) in [4.78, 5) is 18.2. The minimum Gasteiger partial charge on any atom is -0.508 e. The number of rotatable bonds is 3. The Bertz CT molecular complexity index is 1190. The average Bonchev–Trinajstić information content (AvgIpc) is 3.19. The number of nitrogen functional groups attached to an aromatic ring is 1. The molecule has 1 saturated heterocycles. The van der Waals surface area contributed by atoms with Gasteiger partial charge in [0.25, 0.3) is 0 Å². The van der Waals surface area contributed by atoms with Crippen LogP contribution in [0.4, 0.5) is 17.5 Å². The standard InChI is InChI=1S/C22H23N7O/c1-15-4-2-3-5-18(15)29-14-24-19-20(23)25-22(26-21(19)29)28-12-10-27(11-13-28)16-6-8-17(30)9-7-16/h2-9,14,30H,10-13H2,1H3,(H2,23,25,26). The minimum atomic E-state index is 0.278. The van der Waals surface area contributed by atoms with Crippen LogP contribution in [0.5, 0.6) is 5.75 Å². The Balaban J connectivity index is 1.43. The molecular formula is C22H23N7O. The topological polar surface area (TPSA) is 96.3 Å². The summed E-state index contributed by atoms with van der Waals surface area (Å²) in [5.74, 6) is 1.30. The summed E-state index contributed by atoms with van der Waals surface area (Å²) < 4.78 is 1.97. The fourth-order valence-electron chi connectivity index (χ4n) is 3.89. The van der Waals surface area contributed by atoms with Gasteiger partial charge in [-0.1, -0.05) is 18.2 Å². The van der Waals surface area contributed by atoms with Crippen molar-refractivity contribution in [3.8, 4) is 11.4 Å². The number of benzene rings is 2. The molecule has 1 aliphatic heterocycles. The van der Waals surface area contributed by atoms with Crippen molar-refractivity contribution in [3.05, 3.63) is 60.4 Å². The van der Waals surface area contributed by atoms with Crippen LogP contribution in [0.2, 0.25) is 0 Å². The molecule has 5 rings (SSSR count). The molecule has 0 atom stereocenters. The number of phenols is 1. The molecular weight excluding hydrogens is 378 g/mol. The van der Waals surface area contributed by atoms with E-state index in [1.54, 1.807) is 18.5 Å².